The van der Waals surface area contributed by atoms with Gasteiger partial charge in [-0.05, 0) is 31.0 Å². The number of guanidine groups is 1. The number of carbonyl (C=O) groups excluding carboxylic acids is 1. The van der Waals surface area contributed by atoms with Gasteiger partial charge in [0, 0.05) is 43.4 Å². The maximum absolute atomic E-state index is 12.4. The van der Waals surface area contributed by atoms with Crippen LogP contribution in [0.5, 0.6) is 0 Å². The lowest BCUT2D eigenvalue weighted by molar-refractivity contribution is -0.127. The molecule has 170 valence electrons. The molecule has 0 radical (unpaired) electrons. The van der Waals surface area contributed by atoms with Gasteiger partial charge in [-0.15, -0.1) is 35.3 Å². The molecule has 1 saturated heterocycles. The molecule has 0 spiro atoms. The third-order valence-electron chi connectivity index (χ3n) is 5.05. The Kier molecular flexibility index (Phi) is 11.1. The fourth-order valence-corrected chi connectivity index (χ4v) is 4.51. The van der Waals surface area contributed by atoms with Crippen LogP contribution >= 0.6 is 46.9 Å². The van der Waals surface area contributed by atoms with Crippen molar-refractivity contribution in [3.63, 3.8) is 0 Å². The van der Waals surface area contributed by atoms with E-state index in [2.05, 4.69) is 27.8 Å². The Morgan fingerprint density at radius 1 is 1.29 bits per heavy atom. The largest absolute Gasteiger partial charge is 0.386 e. The molecule has 9 heteroatoms. The molecule has 6 nitrogen and oxygen atoms in total. The number of aliphatic imine (C=N–C) groups is 1. The lowest BCUT2D eigenvalue weighted by Crippen LogP contribution is -2.40. The lowest BCUT2D eigenvalue weighted by atomic mass is 10.1. The Labute approximate surface area is 210 Å². The summed E-state index contributed by atoms with van der Waals surface area (Å²) in [7, 11) is 0. The summed E-state index contributed by atoms with van der Waals surface area (Å²) in [6, 6.07) is 13.8. The first kappa shape index (κ1) is 25.9. The molecule has 1 aliphatic rings. The molecule has 0 bridgehead atoms. The molecule has 2 atom stereocenters. The average molecular weight is 577 g/mol. The standard InChI is InChI=1S/C22H29ClN4O2S.HI/c1-2-24-22(26-14-18(28)19-8-9-20(23)30-19)25-13-17-12-21(29)27(15-17)11-10-16-6-4-3-5-7-16;/h3-9,17-18,28H,2,10-15H2,1H3,(H2,24,25,26);1H. The molecule has 1 aliphatic heterocycles. The summed E-state index contributed by atoms with van der Waals surface area (Å²) >= 11 is 7.30. The predicted molar refractivity (Wildman–Crippen MR) is 139 cm³/mol. The molecule has 1 aromatic carbocycles. The third kappa shape index (κ3) is 8.25. The van der Waals surface area contributed by atoms with Crippen molar-refractivity contribution in [1.29, 1.82) is 0 Å². The first-order valence-electron chi connectivity index (χ1n) is 10.3. The number of benzene rings is 1. The van der Waals surface area contributed by atoms with Crippen molar-refractivity contribution in [3.05, 3.63) is 57.2 Å². The number of hydrogen-bond donors (Lipinski definition) is 3. The van der Waals surface area contributed by atoms with Gasteiger partial charge in [0.25, 0.3) is 0 Å². The van der Waals surface area contributed by atoms with Gasteiger partial charge in [0.15, 0.2) is 5.96 Å². The van der Waals surface area contributed by atoms with Crippen LogP contribution in [0, 0.1) is 5.92 Å². The van der Waals surface area contributed by atoms with E-state index in [0.717, 1.165) is 30.9 Å². The summed E-state index contributed by atoms with van der Waals surface area (Å²) in [5, 5.41) is 16.8. The molecule has 3 N–H and O–H groups in total. The smallest absolute Gasteiger partial charge is 0.223 e. The maximum Gasteiger partial charge on any atom is 0.223 e. The van der Waals surface area contributed by atoms with E-state index < -0.39 is 6.10 Å². The normalized spacial score (nSPS) is 17.4. The molecule has 1 amide bonds. The van der Waals surface area contributed by atoms with Crippen molar-refractivity contribution in [2.45, 2.75) is 25.9 Å². The fourth-order valence-electron chi connectivity index (χ4n) is 3.47. The van der Waals surface area contributed by atoms with Gasteiger partial charge in [-0.25, -0.2) is 0 Å². The van der Waals surface area contributed by atoms with Gasteiger partial charge in [0.1, 0.15) is 6.10 Å². The van der Waals surface area contributed by atoms with Gasteiger partial charge in [-0.3, -0.25) is 9.79 Å². The minimum Gasteiger partial charge on any atom is -0.386 e. The van der Waals surface area contributed by atoms with Gasteiger partial charge >= 0.3 is 0 Å². The summed E-state index contributed by atoms with van der Waals surface area (Å²) in [6.07, 6.45) is 0.749. The van der Waals surface area contributed by atoms with Crippen LogP contribution in [-0.2, 0) is 11.2 Å². The maximum atomic E-state index is 12.4. The third-order valence-corrected chi connectivity index (χ3v) is 6.39. The zero-order valence-electron chi connectivity index (χ0n) is 17.6. The molecule has 31 heavy (non-hydrogen) atoms. The van der Waals surface area contributed by atoms with Crippen LogP contribution in [0.3, 0.4) is 0 Å². The van der Waals surface area contributed by atoms with E-state index in [-0.39, 0.29) is 42.3 Å². The molecule has 2 heterocycles. The Morgan fingerprint density at radius 3 is 2.74 bits per heavy atom. The van der Waals surface area contributed by atoms with Crippen LogP contribution < -0.4 is 10.6 Å². The zero-order chi connectivity index (χ0) is 21.3. The Hall–Kier alpha value is -1.36. The van der Waals surface area contributed by atoms with E-state index in [1.165, 1.54) is 16.9 Å². The number of amides is 1. The van der Waals surface area contributed by atoms with Crippen molar-refractivity contribution in [3.8, 4) is 0 Å². The number of hydrogen-bond acceptors (Lipinski definition) is 4. The second-order valence-electron chi connectivity index (χ2n) is 7.40. The van der Waals surface area contributed by atoms with Crippen LogP contribution in [0.25, 0.3) is 0 Å². The number of aliphatic hydroxyl groups excluding tert-OH is 1. The van der Waals surface area contributed by atoms with E-state index in [9.17, 15) is 9.90 Å². The van der Waals surface area contributed by atoms with Crippen LogP contribution in [-0.4, -0.2) is 54.6 Å². The van der Waals surface area contributed by atoms with Gasteiger partial charge in [-0.1, -0.05) is 41.9 Å². The predicted octanol–water partition coefficient (Wildman–Crippen LogP) is 3.70. The van der Waals surface area contributed by atoms with Crippen LogP contribution in [0.2, 0.25) is 4.34 Å². The summed E-state index contributed by atoms with van der Waals surface area (Å²) < 4.78 is 0.654. The second-order valence-corrected chi connectivity index (χ2v) is 9.15. The molecule has 1 aromatic heterocycles. The van der Waals surface area contributed by atoms with Crippen molar-refractivity contribution in [2.24, 2.45) is 10.9 Å². The van der Waals surface area contributed by atoms with E-state index in [1.54, 1.807) is 6.07 Å². The molecular formula is C22H30ClIN4O2S. The highest BCUT2D eigenvalue weighted by Crippen LogP contribution is 2.27. The number of nitrogens with zero attached hydrogens (tertiary/aromatic N) is 2. The van der Waals surface area contributed by atoms with Crippen LogP contribution in [0.15, 0.2) is 47.5 Å². The summed E-state index contributed by atoms with van der Waals surface area (Å²) in [5.41, 5.74) is 1.25. The number of thiophene rings is 1. The molecule has 3 rings (SSSR count). The molecule has 1 fully saturated rings. The number of carbonyl (C=O) groups is 1. The van der Waals surface area contributed by atoms with E-state index in [0.29, 0.717) is 23.3 Å². The number of rotatable bonds is 9. The number of halogens is 2. The van der Waals surface area contributed by atoms with Crippen molar-refractivity contribution in [1.82, 2.24) is 15.5 Å². The highest BCUT2D eigenvalue weighted by molar-refractivity contribution is 14.0. The van der Waals surface area contributed by atoms with Crippen LogP contribution in [0.4, 0.5) is 0 Å². The Bertz CT molecular complexity index is 849. The summed E-state index contributed by atoms with van der Waals surface area (Å²) in [6.45, 7) is 5.15. The quantitative estimate of drug-likeness (QED) is 0.242. The van der Waals surface area contributed by atoms with Gasteiger partial charge in [-0.2, -0.15) is 0 Å². The monoisotopic (exact) mass is 576 g/mol. The van der Waals surface area contributed by atoms with Gasteiger partial charge in [0.2, 0.25) is 5.91 Å². The summed E-state index contributed by atoms with van der Waals surface area (Å²) in [4.78, 5) is 19.6. The minimum absolute atomic E-state index is 0. The number of nitrogens with one attached hydrogen (secondary N) is 2. The topological polar surface area (TPSA) is 77.0 Å². The van der Waals surface area contributed by atoms with Crippen molar-refractivity contribution in [2.75, 3.05) is 32.7 Å². The molecule has 0 aliphatic carbocycles. The fraction of sp³-hybridized carbons (Fsp3) is 0.455. The number of likely N-dealkylation sites (tertiary alicyclic amines) is 1. The highest BCUT2D eigenvalue weighted by Gasteiger charge is 2.29. The van der Waals surface area contributed by atoms with E-state index >= 15 is 0 Å². The Morgan fingerprint density at radius 2 is 2.06 bits per heavy atom. The first-order valence-corrected chi connectivity index (χ1v) is 11.5. The highest BCUT2D eigenvalue weighted by atomic mass is 127. The minimum atomic E-state index is -0.681. The lowest BCUT2D eigenvalue weighted by Gasteiger charge is -2.18. The van der Waals surface area contributed by atoms with Gasteiger partial charge in [0.05, 0.1) is 10.9 Å². The van der Waals surface area contributed by atoms with Crippen molar-refractivity contribution >= 4 is 58.8 Å². The zero-order valence-corrected chi connectivity index (χ0v) is 21.5. The van der Waals surface area contributed by atoms with Crippen LogP contribution in [0.1, 0.15) is 29.9 Å². The molecule has 0 saturated carbocycles. The SMILES string of the molecule is CCNC(=NCC(O)c1ccc(Cl)s1)NCC1CC(=O)N(CCc2ccccc2)C1.I. The molecule has 2 unspecified atom stereocenters. The molecule has 2 aromatic rings. The second kappa shape index (κ2) is 13.2. The Balaban J connectivity index is 0.00000341. The number of aliphatic hydroxyl groups is 1. The van der Waals surface area contributed by atoms with Gasteiger partial charge < -0.3 is 20.6 Å². The molecular weight excluding hydrogens is 547 g/mol. The van der Waals surface area contributed by atoms with E-state index in [1.807, 2.05) is 36.1 Å². The summed E-state index contributed by atoms with van der Waals surface area (Å²) in [5.74, 6) is 1.11. The average Bonchev–Trinajstić information content (AvgIpc) is 3.34. The van der Waals surface area contributed by atoms with Crippen molar-refractivity contribution < 1.29 is 9.90 Å². The first-order chi connectivity index (χ1) is 14.5. The van der Waals surface area contributed by atoms with E-state index in [4.69, 9.17) is 11.6 Å².